The summed E-state index contributed by atoms with van der Waals surface area (Å²) in [6.07, 6.45) is 1.88. The van der Waals surface area contributed by atoms with Crippen molar-refractivity contribution in [3.05, 3.63) is 101 Å². The first-order chi connectivity index (χ1) is 13.1. The van der Waals surface area contributed by atoms with Crippen LogP contribution in [0, 0.1) is 6.92 Å². The van der Waals surface area contributed by atoms with Crippen molar-refractivity contribution in [2.45, 2.75) is 20.0 Å². The first-order valence-electron chi connectivity index (χ1n) is 9.12. The maximum Gasteiger partial charge on any atom is 0.262 e. The van der Waals surface area contributed by atoms with Gasteiger partial charge in [0, 0.05) is 11.4 Å². The van der Waals surface area contributed by atoms with Gasteiger partial charge in [-0.25, -0.2) is 0 Å². The smallest absolute Gasteiger partial charge is 0.262 e. The molecule has 0 radical (unpaired) electrons. The van der Waals surface area contributed by atoms with E-state index in [1.807, 2.05) is 78.6 Å². The molecule has 0 unspecified atom stereocenters. The normalized spacial score (nSPS) is 16.7. The molecule has 1 aliphatic rings. The van der Waals surface area contributed by atoms with Crippen LogP contribution in [-0.4, -0.2) is 12.1 Å². The van der Waals surface area contributed by atoms with Crippen molar-refractivity contribution in [1.29, 1.82) is 0 Å². The van der Waals surface area contributed by atoms with Crippen molar-refractivity contribution in [1.82, 2.24) is 0 Å². The van der Waals surface area contributed by atoms with E-state index in [4.69, 9.17) is 0 Å². The zero-order chi connectivity index (χ0) is 18.8. The number of nitrogens with one attached hydrogen (secondary N) is 1. The van der Waals surface area contributed by atoms with E-state index in [9.17, 15) is 4.79 Å². The molecule has 0 bridgehead atoms. The lowest BCUT2D eigenvalue weighted by Crippen LogP contribution is -2.49. The SMILES string of the molecule is C/C(=C\c1ccccc1)[C@H]1Nc2ccccc2C(=O)N1c1ccc(C)cc1. The first-order valence-corrected chi connectivity index (χ1v) is 9.12. The number of hydrogen-bond acceptors (Lipinski definition) is 2. The van der Waals surface area contributed by atoms with Gasteiger partial charge < -0.3 is 5.32 Å². The third-order valence-electron chi connectivity index (χ3n) is 4.86. The van der Waals surface area contributed by atoms with Crippen molar-refractivity contribution in [2.24, 2.45) is 0 Å². The molecular weight excluding hydrogens is 332 g/mol. The second kappa shape index (κ2) is 7.12. The third-order valence-corrected chi connectivity index (χ3v) is 4.86. The zero-order valence-electron chi connectivity index (χ0n) is 15.5. The van der Waals surface area contributed by atoms with E-state index < -0.39 is 0 Å². The molecule has 4 rings (SSSR count). The maximum absolute atomic E-state index is 13.3. The number of aryl methyl sites for hydroxylation is 1. The molecule has 1 amide bonds. The number of amides is 1. The molecule has 3 aromatic rings. The molecule has 0 saturated carbocycles. The van der Waals surface area contributed by atoms with Crippen LogP contribution in [0.4, 0.5) is 11.4 Å². The van der Waals surface area contributed by atoms with Crippen molar-refractivity contribution >= 4 is 23.4 Å². The van der Waals surface area contributed by atoms with Crippen LogP contribution in [0.5, 0.6) is 0 Å². The molecule has 134 valence electrons. The number of anilines is 2. The minimum atomic E-state index is -0.240. The highest BCUT2D eigenvalue weighted by Gasteiger charge is 2.33. The van der Waals surface area contributed by atoms with Crippen molar-refractivity contribution < 1.29 is 4.79 Å². The molecule has 0 fully saturated rings. The van der Waals surface area contributed by atoms with E-state index in [1.165, 1.54) is 5.56 Å². The fraction of sp³-hybridized carbons (Fsp3) is 0.125. The molecule has 1 atom stereocenters. The highest BCUT2D eigenvalue weighted by Crippen LogP contribution is 2.32. The van der Waals surface area contributed by atoms with Crippen LogP contribution in [-0.2, 0) is 0 Å². The third kappa shape index (κ3) is 3.36. The van der Waals surface area contributed by atoms with E-state index in [1.54, 1.807) is 0 Å². The number of para-hydroxylation sites is 1. The summed E-state index contributed by atoms with van der Waals surface area (Å²) in [5.41, 5.74) is 5.82. The summed E-state index contributed by atoms with van der Waals surface area (Å²) in [6, 6.07) is 26.0. The molecule has 0 spiro atoms. The Balaban J connectivity index is 1.80. The summed E-state index contributed by atoms with van der Waals surface area (Å²) in [6.45, 7) is 4.11. The lowest BCUT2D eigenvalue weighted by atomic mass is 10.0. The van der Waals surface area contributed by atoms with Crippen LogP contribution >= 0.6 is 0 Å². The number of benzene rings is 3. The maximum atomic E-state index is 13.3. The second-order valence-electron chi connectivity index (χ2n) is 6.90. The van der Waals surface area contributed by atoms with Crippen LogP contribution in [0.15, 0.2) is 84.4 Å². The Morgan fingerprint density at radius 1 is 0.926 bits per heavy atom. The Labute approximate surface area is 160 Å². The molecule has 0 aliphatic carbocycles. The van der Waals surface area contributed by atoms with E-state index in [0.717, 1.165) is 22.5 Å². The number of fused-ring (bicyclic) bond motifs is 1. The molecule has 3 heteroatoms. The number of nitrogens with zero attached hydrogens (tertiary/aromatic N) is 1. The number of carbonyl (C=O) groups excluding carboxylic acids is 1. The predicted octanol–water partition coefficient (Wildman–Crippen LogP) is 5.50. The van der Waals surface area contributed by atoms with E-state index >= 15 is 0 Å². The van der Waals surface area contributed by atoms with Gasteiger partial charge in [-0.05, 0) is 49.2 Å². The summed E-state index contributed by atoms with van der Waals surface area (Å²) in [5, 5.41) is 3.55. The topological polar surface area (TPSA) is 32.3 Å². The monoisotopic (exact) mass is 354 g/mol. The molecule has 1 N–H and O–H groups in total. The summed E-state index contributed by atoms with van der Waals surface area (Å²) < 4.78 is 0. The van der Waals surface area contributed by atoms with Gasteiger partial charge in [0.1, 0.15) is 6.17 Å². The predicted molar refractivity (Wildman–Crippen MR) is 112 cm³/mol. The highest BCUT2D eigenvalue weighted by molar-refractivity contribution is 6.12. The van der Waals surface area contributed by atoms with Gasteiger partial charge in [-0.3, -0.25) is 9.69 Å². The fourth-order valence-corrected chi connectivity index (χ4v) is 3.43. The van der Waals surface area contributed by atoms with Gasteiger partial charge in [0.05, 0.1) is 5.56 Å². The first kappa shape index (κ1) is 17.1. The van der Waals surface area contributed by atoms with Crippen molar-refractivity contribution in [3.63, 3.8) is 0 Å². The molecule has 0 aromatic heterocycles. The van der Waals surface area contributed by atoms with Gasteiger partial charge in [-0.1, -0.05) is 66.2 Å². The Kier molecular flexibility index (Phi) is 4.51. The molecule has 3 nitrogen and oxygen atoms in total. The molecule has 1 heterocycles. The van der Waals surface area contributed by atoms with Gasteiger partial charge >= 0.3 is 0 Å². The Bertz CT molecular complexity index is 990. The number of hydrogen-bond donors (Lipinski definition) is 1. The van der Waals surface area contributed by atoms with Crippen LogP contribution in [0.25, 0.3) is 6.08 Å². The van der Waals surface area contributed by atoms with Crippen LogP contribution in [0.2, 0.25) is 0 Å². The second-order valence-corrected chi connectivity index (χ2v) is 6.90. The minimum Gasteiger partial charge on any atom is -0.361 e. The standard InChI is InChI=1S/C24H22N2O/c1-17-12-14-20(15-13-17)26-23(18(2)16-19-8-4-3-5-9-19)25-22-11-7-6-10-21(22)24(26)27/h3-16,23,25H,1-2H3/b18-16+/t23-/m0/s1. The quantitative estimate of drug-likeness (QED) is 0.674. The lowest BCUT2D eigenvalue weighted by Gasteiger charge is -2.38. The summed E-state index contributed by atoms with van der Waals surface area (Å²) in [7, 11) is 0. The number of carbonyl (C=O) groups is 1. The van der Waals surface area contributed by atoms with E-state index in [0.29, 0.717) is 5.56 Å². The van der Waals surface area contributed by atoms with Gasteiger partial charge in [-0.15, -0.1) is 0 Å². The Morgan fingerprint density at radius 2 is 1.59 bits per heavy atom. The van der Waals surface area contributed by atoms with Crippen molar-refractivity contribution in [2.75, 3.05) is 10.2 Å². The average molecular weight is 354 g/mol. The lowest BCUT2D eigenvalue weighted by molar-refractivity contribution is 0.0978. The molecule has 0 saturated heterocycles. The van der Waals surface area contributed by atoms with Gasteiger partial charge in [0.15, 0.2) is 0 Å². The summed E-state index contributed by atoms with van der Waals surface area (Å²) >= 11 is 0. The molecule has 27 heavy (non-hydrogen) atoms. The van der Waals surface area contributed by atoms with Crippen molar-refractivity contribution in [3.8, 4) is 0 Å². The van der Waals surface area contributed by atoms with Gasteiger partial charge in [0.25, 0.3) is 5.91 Å². The van der Waals surface area contributed by atoms with Gasteiger partial charge in [-0.2, -0.15) is 0 Å². The van der Waals surface area contributed by atoms with Crippen LogP contribution < -0.4 is 10.2 Å². The Morgan fingerprint density at radius 3 is 2.33 bits per heavy atom. The minimum absolute atomic E-state index is 0.0130. The largest absolute Gasteiger partial charge is 0.361 e. The summed E-state index contributed by atoms with van der Waals surface area (Å²) in [4.78, 5) is 15.2. The van der Waals surface area contributed by atoms with E-state index in [-0.39, 0.29) is 12.1 Å². The highest BCUT2D eigenvalue weighted by atomic mass is 16.2. The van der Waals surface area contributed by atoms with Crippen LogP contribution in [0.1, 0.15) is 28.4 Å². The van der Waals surface area contributed by atoms with E-state index in [2.05, 4.69) is 30.4 Å². The molecular formula is C24H22N2O. The van der Waals surface area contributed by atoms with Gasteiger partial charge in [0.2, 0.25) is 0 Å². The number of rotatable bonds is 3. The summed E-state index contributed by atoms with van der Waals surface area (Å²) in [5.74, 6) is 0.0130. The zero-order valence-corrected chi connectivity index (χ0v) is 15.5. The Hall–Kier alpha value is -3.33. The molecule has 3 aromatic carbocycles. The average Bonchev–Trinajstić information content (AvgIpc) is 2.69. The molecule has 1 aliphatic heterocycles. The van der Waals surface area contributed by atoms with Crippen LogP contribution in [0.3, 0.4) is 0 Å². The fourth-order valence-electron chi connectivity index (χ4n) is 3.43.